The van der Waals surface area contributed by atoms with Crippen molar-refractivity contribution in [3.8, 4) is 0 Å². The zero-order valence-corrected chi connectivity index (χ0v) is 15.6. The second kappa shape index (κ2) is 8.27. The molecule has 0 saturated heterocycles. The molecule has 2 aromatic carbocycles. The molecule has 0 aliphatic carbocycles. The Labute approximate surface area is 149 Å². The summed E-state index contributed by atoms with van der Waals surface area (Å²) in [5.41, 5.74) is 2.94. The lowest BCUT2D eigenvalue weighted by molar-refractivity contribution is -0.121. The van der Waals surface area contributed by atoms with E-state index >= 15 is 0 Å². The minimum Gasteiger partial charge on any atom is -0.351 e. The Bertz CT molecular complexity index is 820. The Balaban J connectivity index is 2.07. The van der Waals surface area contributed by atoms with E-state index in [2.05, 4.69) is 5.32 Å². The topological polar surface area (TPSA) is 66.5 Å². The molecule has 5 nitrogen and oxygen atoms in total. The summed E-state index contributed by atoms with van der Waals surface area (Å²) >= 11 is 0. The standard InChI is InChI=1S/C19H24N2O3S/c1-15-9-7-8-12-18(15)13-20-19(22)14-21(25(3,23)24)16(2)17-10-5-4-6-11-17/h4-12,16H,13-14H2,1-3H3,(H,20,22). The van der Waals surface area contributed by atoms with Crippen LogP contribution in [-0.4, -0.2) is 31.4 Å². The molecule has 0 radical (unpaired) electrons. The number of nitrogens with one attached hydrogen (secondary N) is 1. The quantitative estimate of drug-likeness (QED) is 0.825. The third-order valence-corrected chi connectivity index (χ3v) is 5.47. The van der Waals surface area contributed by atoms with E-state index in [9.17, 15) is 13.2 Å². The molecule has 0 fully saturated rings. The smallest absolute Gasteiger partial charge is 0.235 e. The summed E-state index contributed by atoms with van der Waals surface area (Å²) in [6, 6.07) is 16.6. The van der Waals surface area contributed by atoms with E-state index in [1.807, 2.05) is 61.5 Å². The van der Waals surface area contributed by atoms with E-state index < -0.39 is 16.1 Å². The molecule has 2 rings (SSSR count). The van der Waals surface area contributed by atoms with Crippen molar-refractivity contribution in [3.63, 3.8) is 0 Å². The van der Waals surface area contributed by atoms with Crippen LogP contribution in [0.5, 0.6) is 0 Å². The normalized spacial score (nSPS) is 12.8. The highest BCUT2D eigenvalue weighted by Gasteiger charge is 2.26. The molecule has 0 aliphatic rings. The molecule has 0 bridgehead atoms. The lowest BCUT2D eigenvalue weighted by atomic mass is 10.1. The van der Waals surface area contributed by atoms with Crippen LogP contribution in [0.15, 0.2) is 54.6 Å². The lowest BCUT2D eigenvalue weighted by Gasteiger charge is -2.26. The van der Waals surface area contributed by atoms with Gasteiger partial charge in [0.05, 0.1) is 12.8 Å². The predicted octanol–water partition coefficient (Wildman–Crippen LogP) is 2.63. The van der Waals surface area contributed by atoms with Crippen molar-refractivity contribution in [3.05, 3.63) is 71.3 Å². The highest BCUT2D eigenvalue weighted by molar-refractivity contribution is 7.88. The highest BCUT2D eigenvalue weighted by Crippen LogP contribution is 2.22. The zero-order valence-electron chi connectivity index (χ0n) is 14.8. The van der Waals surface area contributed by atoms with Crippen LogP contribution >= 0.6 is 0 Å². The van der Waals surface area contributed by atoms with Gasteiger partial charge in [0.2, 0.25) is 15.9 Å². The van der Waals surface area contributed by atoms with Crippen LogP contribution in [0, 0.1) is 6.92 Å². The maximum Gasteiger partial charge on any atom is 0.235 e. The van der Waals surface area contributed by atoms with Crippen molar-refractivity contribution >= 4 is 15.9 Å². The molecular formula is C19H24N2O3S. The van der Waals surface area contributed by atoms with Crippen molar-refractivity contribution in [1.29, 1.82) is 0 Å². The van der Waals surface area contributed by atoms with Crippen LogP contribution in [0.4, 0.5) is 0 Å². The van der Waals surface area contributed by atoms with E-state index in [-0.39, 0.29) is 12.5 Å². The number of aryl methyl sites for hydroxylation is 1. The SMILES string of the molecule is Cc1ccccc1CNC(=O)CN(C(C)c1ccccc1)S(C)(=O)=O. The maximum absolute atomic E-state index is 12.3. The van der Waals surface area contributed by atoms with Crippen molar-refractivity contribution in [1.82, 2.24) is 9.62 Å². The fourth-order valence-electron chi connectivity index (χ4n) is 2.64. The number of carbonyl (C=O) groups excluding carboxylic acids is 1. The van der Waals surface area contributed by atoms with Gasteiger partial charge in [-0.3, -0.25) is 4.79 Å². The molecule has 25 heavy (non-hydrogen) atoms. The Hall–Kier alpha value is -2.18. The summed E-state index contributed by atoms with van der Waals surface area (Å²) in [6.07, 6.45) is 1.13. The van der Waals surface area contributed by atoms with Crippen LogP contribution in [0.3, 0.4) is 0 Å². The van der Waals surface area contributed by atoms with Crippen LogP contribution in [-0.2, 0) is 21.4 Å². The van der Waals surface area contributed by atoms with E-state index in [0.717, 1.165) is 22.9 Å². The average molecular weight is 360 g/mol. The van der Waals surface area contributed by atoms with Gasteiger partial charge in [-0.15, -0.1) is 0 Å². The Morgan fingerprint density at radius 1 is 1.08 bits per heavy atom. The van der Waals surface area contributed by atoms with Gasteiger partial charge >= 0.3 is 0 Å². The summed E-state index contributed by atoms with van der Waals surface area (Å²) < 4.78 is 25.5. The predicted molar refractivity (Wildman–Crippen MR) is 99.4 cm³/mol. The van der Waals surface area contributed by atoms with E-state index in [4.69, 9.17) is 0 Å². The number of hydrogen-bond donors (Lipinski definition) is 1. The summed E-state index contributed by atoms with van der Waals surface area (Å²) in [4.78, 5) is 12.3. The van der Waals surface area contributed by atoms with Crippen molar-refractivity contribution in [2.24, 2.45) is 0 Å². The molecule has 1 N–H and O–H groups in total. The van der Waals surface area contributed by atoms with Gasteiger partial charge in [0.15, 0.2) is 0 Å². The molecule has 0 aliphatic heterocycles. The van der Waals surface area contributed by atoms with Crippen LogP contribution in [0.2, 0.25) is 0 Å². The summed E-state index contributed by atoms with van der Waals surface area (Å²) in [7, 11) is -3.53. The van der Waals surface area contributed by atoms with Crippen LogP contribution in [0.25, 0.3) is 0 Å². The van der Waals surface area contributed by atoms with Gasteiger partial charge in [-0.1, -0.05) is 54.6 Å². The third-order valence-electron chi connectivity index (χ3n) is 4.18. The van der Waals surface area contributed by atoms with E-state index in [1.54, 1.807) is 6.92 Å². The first-order chi connectivity index (χ1) is 11.8. The lowest BCUT2D eigenvalue weighted by Crippen LogP contribution is -2.41. The van der Waals surface area contributed by atoms with Gasteiger partial charge < -0.3 is 5.32 Å². The molecule has 2 aromatic rings. The van der Waals surface area contributed by atoms with Crippen molar-refractivity contribution in [2.45, 2.75) is 26.4 Å². The Morgan fingerprint density at radius 2 is 1.68 bits per heavy atom. The number of benzene rings is 2. The minimum atomic E-state index is -3.53. The first-order valence-electron chi connectivity index (χ1n) is 8.12. The van der Waals surface area contributed by atoms with Gasteiger partial charge in [0, 0.05) is 12.6 Å². The van der Waals surface area contributed by atoms with E-state index in [0.29, 0.717) is 6.54 Å². The van der Waals surface area contributed by atoms with Crippen LogP contribution < -0.4 is 5.32 Å². The van der Waals surface area contributed by atoms with Gasteiger partial charge in [-0.05, 0) is 30.5 Å². The second-order valence-corrected chi connectivity index (χ2v) is 8.03. The molecule has 0 spiro atoms. The molecule has 0 aromatic heterocycles. The first kappa shape index (κ1) is 19.1. The molecule has 0 saturated carbocycles. The van der Waals surface area contributed by atoms with Gasteiger partial charge in [-0.2, -0.15) is 4.31 Å². The first-order valence-corrected chi connectivity index (χ1v) is 9.97. The maximum atomic E-state index is 12.3. The van der Waals surface area contributed by atoms with Gasteiger partial charge in [0.1, 0.15) is 0 Å². The number of hydrogen-bond acceptors (Lipinski definition) is 3. The summed E-state index contributed by atoms with van der Waals surface area (Å²) in [5, 5.41) is 2.80. The monoisotopic (exact) mass is 360 g/mol. The zero-order chi connectivity index (χ0) is 18.4. The highest BCUT2D eigenvalue weighted by atomic mass is 32.2. The van der Waals surface area contributed by atoms with Gasteiger partial charge in [-0.25, -0.2) is 8.42 Å². The number of nitrogens with zero attached hydrogens (tertiary/aromatic N) is 1. The van der Waals surface area contributed by atoms with Crippen LogP contribution in [0.1, 0.15) is 29.7 Å². The number of carbonyl (C=O) groups is 1. The molecule has 6 heteroatoms. The largest absolute Gasteiger partial charge is 0.351 e. The summed E-state index contributed by atoms with van der Waals surface area (Å²) in [5.74, 6) is -0.323. The Morgan fingerprint density at radius 3 is 2.28 bits per heavy atom. The fourth-order valence-corrected chi connectivity index (χ4v) is 3.69. The average Bonchev–Trinajstić information content (AvgIpc) is 2.58. The van der Waals surface area contributed by atoms with Gasteiger partial charge in [0.25, 0.3) is 0 Å². The van der Waals surface area contributed by atoms with E-state index in [1.165, 1.54) is 4.31 Å². The Kier molecular flexibility index (Phi) is 6.33. The number of rotatable bonds is 7. The molecule has 1 unspecified atom stereocenters. The summed E-state index contributed by atoms with van der Waals surface area (Å²) in [6.45, 7) is 3.93. The molecule has 0 heterocycles. The van der Waals surface area contributed by atoms with Crippen molar-refractivity contribution < 1.29 is 13.2 Å². The minimum absolute atomic E-state index is 0.208. The molecule has 1 atom stereocenters. The number of amides is 1. The number of sulfonamides is 1. The molecular weight excluding hydrogens is 336 g/mol. The van der Waals surface area contributed by atoms with Crippen molar-refractivity contribution in [2.75, 3.05) is 12.8 Å². The molecule has 1 amide bonds. The third kappa shape index (κ3) is 5.41. The molecule has 134 valence electrons. The fraction of sp³-hybridized carbons (Fsp3) is 0.316. The second-order valence-electron chi connectivity index (χ2n) is 6.10.